The Morgan fingerprint density at radius 2 is 1.58 bits per heavy atom. The maximum absolute atomic E-state index is 15.6. The number of phosphoric ester groups is 1. The standard InChI is InChI=1S/C39H63BF2N7O18P3S2/c1-28-21-29(2)48-32(28)22-31-6-5-30(49(31)40(48,41)42)7-8-36(50)44-11-14-60-16-18-62-20-19-61-17-15-59-13-10-37(51)45-25-39(3,4)72-71-27-63-33-23-38(47-12-9-35(43)46-26-47)65-34(33)24-64-69(55,56)67-70(57,58)66-68(52,53)54/h5-6,9,12,21-22,33-34,38H,7-8,10-11,13-20,23-27H2,1-4H3,(H2,43,46)(H,44,50)(H,45,51)(H,55,56)(H,57,58)(H2,52,53,54)/t33?,34-,38-/m1/s1. The summed E-state index contributed by atoms with van der Waals surface area (Å²) in [5.41, 5.74) is 8.30. The van der Waals surface area contributed by atoms with Crippen LogP contribution in [-0.4, -0.2) is 172 Å². The van der Waals surface area contributed by atoms with Crippen molar-refractivity contribution in [3.05, 3.63) is 53.1 Å². The second-order valence-corrected chi connectivity index (χ2v) is 24.4. The Labute approximate surface area is 423 Å². The molecule has 72 heavy (non-hydrogen) atoms. The summed E-state index contributed by atoms with van der Waals surface area (Å²) in [5.74, 6) is -0.0763. The third kappa shape index (κ3) is 19.4. The van der Waals surface area contributed by atoms with E-state index in [2.05, 4.69) is 24.2 Å². The van der Waals surface area contributed by atoms with E-state index in [1.165, 1.54) is 21.6 Å². The van der Waals surface area contributed by atoms with E-state index in [0.717, 1.165) is 14.5 Å². The second kappa shape index (κ2) is 27.3. The van der Waals surface area contributed by atoms with Gasteiger partial charge in [0.2, 0.25) is 11.8 Å². The third-order valence-electron chi connectivity index (χ3n) is 10.7. The average molecular weight is 1120 g/mol. The Hall–Kier alpha value is -2.83. The van der Waals surface area contributed by atoms with Gasteiger partial charge in [-0.2, -0.15) is 8.62 Å². The summed E-state index contributed by atoms with van der Waals surface area (Å²) in [6, 6.07) is 1.75. The number of aliphatic imine (C=N–C) groups is 1. The first-order chi connectivity index (χ1) is 33.8. The van der Waals surface area contributed by atoms with E-state index in [-0.39, 0.29) is 76.5 Å². The molecule has 406 valence electrons. The van der Waals surface area contributed by atoms with Crippen molar-refractivity contribution >= 4 is 81.5 Å². The van der Waals surface area contributed by atoms with Gasteiger partial charge >= 0.3 is 30.4 Å². The topological polar surface area (TPSA) is 323 Å². The molecule has 5 heterocycles. The fraction of sp³-hybridized carbons (Fsp3) is 0.641. The molecule has 3 unspecified atom stereocenters. The normalized spacial score (nSPS) is 21.2. The number of allylic oxidation sites excluding steroid dienone is 2. The summed E-state index contributed by atoms with van der Waals surface area (Å²) < 4.78 is 114. The van der Waals surface area contributed by atoms with Crippen LogP contribution in [0.3, 0.4) is 0 Å². The summed E-state index contributed by atoms with van der Waals surface area (Å²) >= 11 is 0. The van der Waals surface area contributed by atoms with Crippen molar-refractivity contribution in [2.75, 3.05) is 85.2 Å². The van der Waals surface area contributed by atoms with E-state index < -0.39 is 60.2 Å². The molecule has 0 spiro atoms. The molecule has 2 amide bonds. The van der Waals surface area contributed by atoms with Crippen LogP contribution in [-0.2, 0) is 64.9 Å². The van der Waals surface area contributed by atoms with E-state index in [0.29, 0.717) is 68.2 Å². The van der Waals surface area contributed by atoms with Crippen molar-refractivity contribution in [1.29, 1.82) is 0 Å². The third-order valence-corrected chi connectivity index (χ3v) is 17.5. The number of hydrogen-bond acceptors (Lipinski definition) is 19. The van der Waals surface area contributed by atoms with Crippen LogP contribution in [0.5, 0.6) is 0 Å². The zero-order valence-electron chi connectivity index (χ0n) is 40.1. The number of carbonyl (C=O) groups excluding carboxylic acids is 2. The molecule has 0 aromatic carbocycles. The van der Waals surface area contributed by atoms with Crippen molar-refractivity contribution in [2.24, 2.45) is 10.7 Å². The highest BCUT2D eigenvalue weighted by atomic mass is 33.1. The van der Waals surface area contributed by atoms with Gasteiger partial charge in [0.05, 0.1) is 65.6 Å². The number of aromatic nitrogens is 1. The second-order valence-electron chi connectivity index (χ2n) is 17.0. The molecular formula is C39H63BF2N7O18P3S2. The van der Waals surface area contributed by atoms with Crippen LogP contribution in [0.25, 0.3) is 6.08 Å². The van der Waals surface area contributed by atoms with Crippen LogP contribution in [0.4, 0.5) is 8.63 Å². The maximum Gasteiger partial charge on any atom is 0.737 e. The average Bonchev–Trinajstić information content (AvgIpc) is 3.98. The predicted octanol–water partition coefficient (Wildman–Crippen LogP) is 3.28. The van der Waals surface area contributed by atoms with E-state index in [1.807, 2.05) is 20.8 Å². The Kier molecular flexibility index (Phi) is 22.8. The van der Waals surface area contributed by atoms with E-state index in [9.17, 15) is 33.1 Å². The number of halogens is 2. The highest BCUT2D eigenvalue weighted by Crippen LogP contribution is 2.66. The molecule has 4 aliphatic heterocycles. The Morgan fingerprint density at radius 3 is 2.24 bits per heavy atom. The van der Waals surface area contributed by atoms with Gasteiger partial charge in [0.15, 0.2) is 5.70 Å². The van der Waals surface area contributed by atoms with Crippen molar-refractivity contribution < 1.29 is 97.5 Å². The summed E-state index contributed by atoms with van der Waals surface area (Å²) in [6.45, 7) is 5.56. The molecule has 0 saturated carbocycles. The van der Waals surface area contributed by atoms with Crippen LogP contribution < -0.4 is 16.4 Å². The van der Waals surface area contributed by atoms with Crippen molar-refractivity contribution in [3.63, 3.8) is 0 Å². The lowest BCUT2D eigenvalue weighted by molar-refractivity contribution is -0.362. The molecule has 5 rings (SSSR count). The van der Waals surface area contributed by atoms with Crippen LogP contribution in [0, 0.1) is 13.8 Å². The Morgan fingerprint density at radius 1 is 0.931 bits per heavy atom. The van der Waals surface area contributed by atoms with Crippen LogP contribution in [0.2, 0.25) is 0 Å². The van der Waals surface area contributed by atoms with Gasteiger partial charge in [-0.15, -0.1) is 0 Å². The number of hydrogen-bond donors (Lipinski definition) is 7. The number of carbonyl (C=O) groups is 2. The number of amides is 2. The van der Waals surface area contributed by atoms with E-state index >= 15 is 8.63 Å². The van der Waals surface area contributed by atoms with Gasteiger partial charge in [-0.05, 0) is 51.1 Å². The molecule has 1 fully saturated rings. The molecule has 0 bridgehead atoms. The van der Waals surface area contributed by atoms with Gasteiger partial charge in [-0.1, -0.05) is 21.6 Å². The number of amidine groups is 1. The first-order valence-electron chi connectivity index (χ1n) is 22.5. The molecule has 25 nitrogen and oxygen atoms in total. The molecule has 4 aliphatic rings. The molecule has 5 atom stereocenters. The molecule has 1 saturated heterocycles. The number of nitrogens with one attached hydrogen (secondary N) is 2. The maximum atomic E-state index is 15.6. The number of nitrogens with two attached hydrogens (primary N) is 1. The first-order valence-corrected chi connectivity index (χ1v) is 29.4. The lowest BCUT2D eigenvalue weighted by Gasteiger charge is -2.30. The number of phosphoric acid groups is 3. The molecule has 33 heteroatoms. The minimum absolute atomic E-state index is 0.0575. The van der Waals surface area contributed by atoms with Crippen LogP contribution in [0.1, 0.15) is 56.5 Å². The van der Waals surface area contributed by atoms with Crippen LogP contribution >= 0.6 is 45.1 Å². The Bertz CT molecular complexity index is 2360. The van der Waals surface area contributed by atoms with Crippen molar-refractivity contribution in [2.45, 2.75) is 76.6 Å². The molecule has 0 aliphatic carbocycles. The number of rotatable bonds is 33. The molecule has 8 N–H and O–H groups in total. The lowest BCUT2D eigenvalue weighted by Crippen LogP contribution is -2.50. The zero-order chi connectivity index (χ0) is 52.7. The zero-order valence-corrected chi connectivity index (χ0v) is 44.4. The fourth-order valence-corrected chi connectivity index (χ4v) is 12.7. The highest BCUT2D eigenvalue weighted by molar-refractivity contribution is 8.77. The predicted molar refractivity (Wildman–Crippen MR) is 262 cm³/mol. The smallest absolute Gasteiger partial charge is 0.394 e. The lowest BCUT2D eigenvalue weighted by atomic mass is 9.90. The van der Waals surface area contributed by atoms with Crippen LogP contribution in [0.15, 0.2) is 41.2 Å². The largest absolute Gasteiger partial charge is 0.737 e. The number of fused-ring (bicyclic) bond motifs is 2. The summed E-state index contributed by atoms with van der Waals surface area (Å²) in [7, 11) is -13.9. The summed E-state index contributed by atoms with van der Waals surface area (Å²) in [4.78, 5) is 67.7. The molecule has 1 aromatic rings. The van der Waals surface area contributed by atoms with Crippen molar-refractivity contribution in [1.82, 2.24) is 20.0 Å². The SMILES string of the molecule is Cc1cc(C)n2c1C=C1C=CC(CCC(=O)NCCOCCOCCOCCOCCC(=O)NCC(C)(C)SSCOC3C[C@H](N4C=CC(N)=NC4)O[C@@H]3COP(=O)(O)OP(=O)(O)OP(=O)(O)O)=[N+]1[B-]2(F)F. The highest BCUT2D eigenvalue weighted by Gasteiger charge is 2.52. The number of nitrogens with zero attached hydrogens (tertiary/aromatic N) is 4. The van der Waals surface area contributed by atoms with Gasteiger partial charge < -0.3 is 86.9 Å². The minimum Gasteiger partial charge on any atom is -0.394 e. The van der Waals surface area contributed by atoms with Crippen molar-refractivity contribution in [3.8, 4) is 0 Å². The molecular weight excluding hydrogens is 1060 g/mol. The van der Waals surface area contributed by atoms with Gasteiger partial charge in [0, 0.05) is 73.6 Å². The van der Waals surface area contributed by atoms with Gasteiger partial charge in [-0.3, -0.25) is 14.1 Å². The molecule has 0 radical (unpaired) electrons. The summed E-state index contributed by atoms with van der Waals surface area (Å²) in [5, 5.41) is 5.63. The van der Waals surface area contributed by atoms with E-state index in [4.69, 9.17) is 48.5 Å². The minimum atomic E-state index is -5.72. The molecule has 1 aromatic heterocycles. The van der Waals surface area contributed by atoms with Gasteiger partial charge in [0.1, 0.15) is 36.5 Å². The van der Waals surface area contributed by atoms with Gasteiger partial charge in [-0.25, -0.2) is 18.7 Å². The fourth-order valence-electron chi connectivity index (χ4n) is 7.47. The number of ether oxygens (including phenoxy) is 6. The van der Waals surface area contributed by atoms with E-state index in [1.54, 1.807) is 48.4 Å². The number of aryl methyl sites for hydroxylation is 2. The summed E-state index contributed by atoms with van der Waals surface area (Å²) in [6.07, 6.45) is 6.43. The quantitative estimate of drug-likeness (QED) is 0.0175. The monoisotopic (exact) mass is 1120 g/mol. The van der Waals surface area contributed by atoms with Gasteiger partial charge in [0.25, 0.3) is 0 Å². The first kappa shape index (κ1) is 60.0. The Balaban J connectivity index is 0.847.